The zero-order valence-electron chi connectivity index (χ0n) is 10.6. The molecule has 0 amide bonds. The summed E-state index contributed by atoms with van der Waals surface area (Å²) in [6.45, 7) is 5.59. The first-order valence-electron chi connectivity index (χ1n) is 5.83. The van der Waals surface area contributed by atoms with Gasteiger partial charge >= 0.3 is 0 Å². The molecule has 0 aromatic heterocycles. The van der Waals surface area contributed by atoms with Crippen LogP contribution in [0.2, 0.25) is 10.0 Å². The predicted octanol–water partition coefficient (Wildman–Crippen LogP) is 4.90. The predicted molar refractivity (Wildman–Crippen MR) is 81.7 cm³/mol. The van der Waals surface area contributed by atoms with Crippen molar-refractivity contribution in [3.05, 3.63) is 26.7 Å². The molecule has 0 unspecified atom stereocenters. The fourth-order valence-corrected chi connectivity index (χ4v) is 2.30. The molecule has 0 saturated heterocycles. The smallest absolute Gasteiger partial charge is 0.139 e. The summed E-state index contributed by atoms with van der Waals surface area (Å²) in [6.07, 6.45) is 1.96. The van der Waals surface area contributed by atoms with Gasteiger partial charge < -0.3 is 10.5 Å². The molecule has 2 N–H and O–H groups in total. The molecule has 0 spiro atoms. The Labute approximate surface area is 127 Å². The molecule has 0 bridgehead atoms. The monoisotopic (exact) mass is 353 g/mol. The van der Waals surface area contributed by atoms with Gasteiger partial charge in [0, 0.05) is 10.5 Å². The SMILES string of the molecule is CC(C)(CN)CCCOc1cc(Cl)c(Br)cc1Cl. The highest BCUT2D eigenvalue weighted by molar-refractivity contribution is 9.10. The summed E-state index contributed by atoms with van der Waals surface area (Å²) in [6, 6.07) is 3.46. The summed E-state index contributed by atoms with van der Waals surface area (Å²) >= 11 is 15.4. The molecular formula is C13H18BrCl2NO. The fourth-order valence-electron chi connectivity index (χ4n) is 1.45. The van der Waals surface area contributed by atoms with Gasteiger partial charge in [0.25, 0.3) is 0 Å². The summed E-state index contributed by atoms with van der Waals surface area (Å²) in [5.41, 5.74) is 5.83. The third-order valence-electron chi connectivity index (χ3n) is 2.78. The molecule has 0 aliphatic heterocycles. The standard InChI is InChI=1S/C13H18BrCl2NO/c1-13(2,8-17)4-3-5-18-12-7-10(15)9(14)6-11(12)16/h6-7H,3-5,8,17H2,1-2H3. The van der Waals surface area contributed by atoms with Gasteiger partial charge in [0.15, 0.2) is 0 Å². The van der Waals surface area contributed by atoms with Crippen molar-refractivity contribution < 1.29 is 4.74 Å². The molecule has 18 heavy (non-hydrogen) atoms. The zero-order chi connectivity index (χ0) is 13.8. The summed E-state index contributed by atoms with van der Waals surface area (Å²) in [5, 5.41) is 1.15. The lowest BCUT2D eigenvalue weighted by atomic mass is 9.88. The van der Waals surface area contributed by atoms with Gasteiger partial charge in [-0.3, -0.25) is 0 Å². The number of hydrogen-bond donors (Lipinski definition) is 1. The summed E-state index contributed by atoms with van der Waals surface area (Å²) in [7, 11) is 0. The van der Waals surface area contributed by atoms with Gasteiger partial charge in [0.05, 0.1) is 16.7 Å². The summed E-state index contributed by atoms with van der Waals surface area (Å²) in [4.78, 5) is 0. The van der Waals surface area contributed by atoms with Crippen LogP contribution in [0, 0.1) is 5.41 Å². The summed E-state index contributed by atoms with van der Waals surface area (Å²) in [5.74, 6) is 0.621. The Morgan fingerprint density at radius 3 is 2.56 bits per heavy atom. The molecule has 0 radical (unpaired) electrons. The van der Waals surface area contributed by atoms with Crippen molar-refractivity contribution in [2.24, 2.45) is 11.1 Å². The van der Waals surface area contributed by atoms with Crippen molar-refractivity contribution in [3.63, 3.8) is 0 Å². The van der Waals surface area contributed by atoms with Gasteiger partial charge in [0.1, 0.15) is 5.75 Å². The van der Waals surface area contributed by atoms with Crippen LogP contribution in [-0.4, -0.2) is 13.2 Å². The van der Waals surface area contributed by atoms with Crippen LogP contribution in [0.5, 0.6) is 5.75 Å². The minimum Gasteiger partial charge on any atom is -0.492 e. The highest BCUT2D eigenvalue weighted by Crippen LogP contribution is 2.34. The van der Waals surface area contributed by atoms with E-state index in [0.29, 0.717) is 28.9 Å². The second-order valence-electron chi connectivity index (χ2n) is 5.02. The van der Waals surface area contributed by atoms with Crippen LogP contribution < -0.4 is 10.5 Å². The maximum atomic E-state index is 6.06. The van der Waals surface area contributed by atoms with E-state index < -0.39 is 0 Å². The van der Waals surface area contributed by atoms with E-state index in [9.17, 15) is 0 Å². The molecular weight excluding hydrogens is 337 g/mol. The lowest BCUT2D eigenvalue weighted by Crippen LogP contribution is -2.23. The number of benzene rings is 1. The van der Waals surface area contributed by atoms with Crippen LogP contribution in [0.3, 0.4) is 0 Å². The Kier molecular flexibility index (Phi) is 6.25. The van der Waals surface area contributed by atoms with Gasteiger partial charge in [-0.2, -0.15) is 0 Å². The normalized spacial score (nSPS) is 11.7. The third-order valence-corrected chi connectivity index (χ3v) is 4.28. The number of hydrogen-bond acceptors (Lipinski definition) is 2. The number of ether oxygens (including phenoxy) is 1. The lowest BCUT2D eigenvalue weighted by molar-refractivity contribution is 0.261. The van der Waals surface area contributed by atoms with Gasteiger partial charge in [-0.05, 0) is 46.8 Å². The second kappa shape index (κ2) is 6.99. The molecule has 0 saturated carbocycles. The van der Waals surface area contributed by atoms with Crippen molar-refractivity contribution in [3.8, 4) is 5.75 Å². The van der Waals surface area contributed by atoms with Gasteiger partial charge in [-0.1, -0.05) is 37.0 Å². The van der Waals surface area contributed by atoms with E-state index in [4.69, 9.17) is 33.7 Å². The van der Waals surface area contributed by atoms with Crippen LogP contribution in [-0.2, 0) is 0 Å². The first-order valence-corrected chi connectivity index (χ1v) is 7.38. The van der Waals surface area contributed by atoms with Crippen molar-refractivity contribution >= 4 is 39.1 Å². The van der Waals surface area contributed by atoms with Crippen LogP contribution in [0.25, 0.3) is 0 Å². The second-order valence-corrected chi connectivity index (χ2v) is 6.69. The van der Waals surface area contributed by atoms with Crippen molar-refractivity contribution in [1.82, 2.24) is 0 Å². The molecule has 5 heteroatoms. The van der Waals surface area contributed by atoms with E-state index in [2.05, 4.69) is 29.8 Å². The van der Waals surface area contributed by atoms with E-state index in [0.717, 1.165) is 17.3 Å². The first-order chi connectivity index (χ1) is 8.35. The van der Waals surface area contributed by atoms with E-state index in [1.807, 2.05) is 0 Å². The molecule has 0 atom stereocenters. The van der Waals surface area contributed by atoms with E-state index in [1.54, 1.807) is 12.1 Å². The molecule has 0 fully saturated rings. The molecule has 0 heterocycles. The van der Waals surface area contributed by atoms with E-state index in [-0.39, 0.29) is 5.41 Å². The van der Waals surface area contributed by atoms with Gasteiger partial charge in [-0.25, -0.2) is 0 Å². The quantitative estimate of drug-likeness (QED) is 0.582. The first kappa shape index (κ1) is 16.1. The Balaban J connectivity index is 2.47. The Bertz CT molecular complexity index is 410. The highest BCUT2D eigenvalue weighted by Gasteiger charge is 2.15. The van der Waals surface area contributed by atoms with Crippen molar-refractivity contribution in [2.75, 3.05) is 13.2 Å². The number of rotatable bonds is 6. The minimum absolute atomic E-state index is 0.157. The van der Waals surface area contributed by atoms with E-state index in [1.165, 1.54) is 0 Å². The Morgan fingerprint density at radius 2 is 1.94 bits per heavy atom. The Hall–Kier alpha value is 0.0400. The molecule has 0 aliphatic carbocycles. The van der Waals surface area contributed by atoms with Crippen molar-refractivity contribution in [1.29, 1.82) is 0 Å². The Morgan fingerprint density at radius 1 is 1.28 bits per heavy atom. The largest absolute Gasteiger partial charge is 0.492 e. The molecule has 1 aromatic carbocycles. The van der Waals surface area contributed by atoms with Crippen LogP contribution in [0.4, 0.5) is 0 Å². The topological polar surface area (TPSA) is 35.2 Å². The molecule has 1 rings (SSSR count). The van der Waals surface area contributed by atoms with Crippen molar-refractivity contribution in [2.45, 2.75) is 26.7 Å². The molecule has 0 aliphatic rings. The summed E-state index contributed by atoms with van der Waals surface area (Å²) < 4.78 is 6.40. The third kappa shape index (κ3) is 4.96. The zero-order valence-corrected chi connectivity index (χ0v) is 13.7. The van der Waals surface area contributed by atoms with Crippen LogP contribution in [0.1, 0.15) is 26.7 Å². The maximum absolute atomic E-state index is 6.06. The average molecular weight is 355 g/mol. The number of nitrogens with two attached hydrogens (primary N) is 1. The fraction of sp³-hybridized carbons (Fsp3) is 0.538. The minimum atomic E-state index is 0.157. The maximum Gasteiger partial charge on any atom is 0.139 e. The number of halogens is 3. The average Bonchev–Trinajstić information content (AvgIpc) is 2.31. The van der Waals surface area contributed by atoms with Gasteiger partial charge in [-0.15, -0.1) is 0 Å². The highest BCUT2D eigenvalue weighted by atomic mass is 79.9. The lowest BCUT2D eigenvalue weighted by Gasteiger charge is -2.22. The molecule has 102 valence electrons. The van der Waals surface area contributed by atoms with Gasteiger partial charge in [0.2, 0.25) is 0 Å². The molecule has 2 nitrogen and oxygen atoms in total. The van der Waals surface area contributed by atoms with Crippen LogP contribution >= 0.6 is 39.1 Å². The van der Waals surface area contributed by atoms with Crippen LogP contribution in [0.15, 0.2) is 16.6 Å². The van der Waals surface area contributed by atoms with E-state index >= 15 is 0 Å². The molecule has 1 aromatic rings.